The van der Waals surface area contributed by atoms with E-state index in [4.69, 9.17) is 33.5 Å². The van der Waals surface area contributed by atoms with Gasteiger partial charge in [-0.3, -0.25) is 19.2 Å². The number of β-lactam (4-membered cyclic amide) rings is 2. The molecule has 6 N–H and O–H groups in total. The molecule has 5 aliphatic rings. The van der Waals surface area contributed by atoms with Crippen LogP contribution in [0.1, 0.15) is 75.9 Å². The van der Waals surface area contributed by atoms with E-state index in [1.54, 1.807) is 39.0 Å². The third-order valence-electron chi connectivity index (χ3n) is 10.4. The molecule has 286 valence electrons. The number of carbonyl (C=O) groups excluding carboxylic acids is 4. The molecule has 2 aromatic rings. The number of aryl methyl sites for hydroxylation is 1. The van der Waals surface area contributed by atoms with Gasteiger partial charge in [-0.05, 0) is 59.6 Å². The van der Waals surface area contributed by atoms with Gasteiger partial charge in [0.1, 0.15) is 51.9 Å². The van der Waals surface area contributed by atoms with Gasteiger partial charge in [-0.15, -0.1) is 23.5 Å². The molecule has 1 aromatic heterocycles. The van der Waals surface area contributed by atoms with Crippen molar-refractivity contribution in [1.29, 1.82) is 0 Å². The Morgan fingerprint density at radius 1 is 0.868 bits per heavy atom. The summed E-state index contributed by atoms with van der Waals surface area (Å²) in [5.74, 6) is -3.46. The molecule has 19 heteroatoms. The minimum atomic E-state index is -1.07. The molecule has 5 fully saturated rings. The minimum absolute atomic E-state index is 0.119. The van der Waals surface area contributed by atoms with Crippen LogP contribution in [-0.2, 0) is 24.0 Å². The lowest BCUT2D eigenvalue weighted by molar-refractivity contribution is -0.161. The van der Waals surface area contributed by atoms with E-state index in [0.29, 0.717) is 28.5 Å². The normalized spacial score (nSPS) is 28.8. The number of hydrogen-bond donors (Lipinski definition) is 5. The van der Waals surface area contributed by atoms with Crippen molar-refractivity contribution in [2.24, 2.45) is 5.73 Å². The Morgan fingerprint density at radius 2 is 1.34 bits per heavy atom. The number of hydrogen-bond acceptors (Lipinski definition) is 11. The lowest BCUT2D eigenvalue weighted by Gasteiger charge is -2.45. The summed E-state index contributed by atoms with van der Waals surface area (Å²) in [4.78, 5) is 76.4. The van der Waals surface area contributed by atoms with Crippen LogP contribution in [0.15, 0.2) is 22.7 Å². The van der Waals surface area contributed by atoms with E-state index in [-0.39, 0.29) is 34.2 Å². The molecular weight excluding hydrogens is 771 g/mol. The van der Waals surface area contributed by atoms with Crippen molar-refractivity contribution in [2.75, 3.05) is 0 Å². The maximum atomic E-state index is 13.1. The second kappa shape index (κ2) is 14.0. The van der Waals surface area contributed by atoms with Crippen LogP contribution in [0.5, 0.6) is 0 Å². The monoisotopic (exact) mass is 810 g/mol. The van der Waals surface area contributed by atoms with Gasteiger partial charge in [-0.2, -0.15) is 0 Å². The molecule has 4 amide bonds. The highest BCUT2D eigenvalue weighted by molar-refractivity contribution is 8.02. The Bertz CT molecular complexity index is 1880. The molecule has 0 spiro atoms. The SMILES string of the molecule is CC1(C)S[C@@H]2[C@H](NC(=O)C3(N)CCCCC3)C(=O)N2[C@H]1C(=O)O.Cc1onc(-c2c(Cl)cccc2Cl)c1C(=O)N[C@@H]1C(=O)N2[C@@H]1SC(C)(C)[C@@H]2C(=O)O. The Hall–Kier alpha value is -3.51. The van der Waals surface area contributed by atoms with E-state index in [9.17, 15) is 39.0 Å². The van der Waals surface area contributed by atoms with Gasteiger partial charge in [0.25, 0.3) is 5.91 Å². The average Bonchev–Trinajstić information content (AvgIpc) is 3.67. The molecule has 4 saturated heterocycles. The van der Waals surface area contributed by atoms with Gasteiger partial charge < -0.3 is 40.9 Å². The van der Waals surface area contributed by atoms with Gasteiger partial charge in [-0.25, -0.2) is 9.59 Å². The number of halogens is 2. The number of benzene rings is 1. The number of carbonyl (C=O) groups is 6. The molecule has 7 rings (SSSR count). The average molecular weight is 812 g/mol. The lowest BCUT2D eigenvalue weighted by Crippen LogP contribution is -2.72. The van der Waals surface area contributed by atoms with Crippen molar-refractivity contribution < 1.29 is 43.5 Å². The second-order valence-corrected chi connectivity index (χ2v) is 19.2. The number of nitrogens with zero attached hydrogens (tertiary/aromatic N) is 3. The van der Waals surface area contributed by atoms with Crippen LogP contribution in [0.3, 0.4) is 0 Å². The van der Waals surface area contributed by atoms with Gasteiger partial charge in [0, 0.05) is 15.1 Å². The standard InChI is InChI=1S/C19H17Cl2N3O5S.C15H23N3O4S/c1-7-10(12(23-29-7)11-8(20)5-4-6-9(11)21)15(25)22-13-16(26)24-14(18(27)28)19(2,3)30-17(13)24;1-14(2)9(12(20)21)18-10(19)8(11(18)23-14)17-13(22)15(16)6-4-3-5-7-15/h4-6,13-14,17H,1-3H3,(H,22,25)(H,27,28);8-9,11H,3-7,16H2,1-2H3,(H,17,22)(H,20,21)/t13-,14+,17-;8-,9+,11-/m11/s1. The predicted molar refractivity (Wildman–Crippen MR) is 197 cm³/mol. The molecule has 53 heavy (non-hydrogen) atoms. The number of thioether (sulfide) groups is 2. The number of aromatic nitrogens is 1. The van der Waals surface area contributed by atoms with E-state index in [1.807, 2.05) is 13.8 Å². The summed E-state index contributed by atoms with van der Waals surface area (Å²) in [6.45, 7) is 8.73. The number of carboxylic acid groups (broad SMARTS) is 2. The van der Waals surface area contributed by atoms with Crippen molar-refractivity contribution >= 4 is 82.3 Å². The largest absolute Gasteiger partial charge is 0.480 e. The maximum absolute atomic E-state index is 13.1. The van der Waals surface area contributed by atoms with E-state index in [2.05, 4.69) is 15.8 Å². The number of aliphatic carboxylic acids is 2. The quantitative estimate of drug-likeness (QED) is 0.253. The van der Waals surface area contributed by atoms with E-state index in [0.717, 1.165) is 19.3 Å². The summed E-state index contributed by atoms with van der Waals surface area (Å²) in [7, 11) is 0. The Balaban J connectivity index is 0.000000188. The van der Waals surface area contributed by atoms with Crippen molar-refractivity contribution in [2.45, 2.75) is 117 Å². The summed E-state index contributed by atoms with van der Waals surface area (Å²) < 4.78 is 3.93. The van der Waals surface area contributed by atoms with Crippen molar-refractivity contribution in [3.8, 4) is 11.3 Å². The molecule has 1 aliphatic carbocycles. The van der Waals surface area contributed by atoms with Crippen molar-refractivity contribution in [1.82, 2.24) is 25.6 Å². The van der Waals surface area contributed by atoms with Gasteiger partial charge in [0.15, 0.2) is 0 Å². The number of nitrogens with two attached hydrogens (primary N) is 1. The van der Waals surface area contributed by atoms with Crippen LogP contribution in [0.4, 0.5) is 0 Å². The van der Waals surface area contributed by atoms with E-state index < -0.39 is 68.3 Å². The third-order valence-corrected chi connectivity index (χ3v) is 14.2. The molecule has 0 radical (unpaired) electrons. The minimum Gasteiger partial charge on any atom is -0.480 e. The first kappa shape index (κ1) is 39.2. The number of amides is 4. The summed E-state index contributed by atoms with van der Waals surface area (Å²) in [6, 6.07) is 1.56. The molecular formula is C34H40Cl2N6O9S2. The summed E-state index contributed by atoms with van der Waals surface area (Å²) in [6.07, 6.45) is 4.17. The molecule has 4 aliphatic heterocycles. The molecule has 0 bridgehead atoms. The first-order valence-electron chi connectivity index (χ1n) is 17.0. The molecule has 1 saturated carbocycles. The predicted octanol–water partition coefficient (Wildman–Crippen LogP) is 3.48. The van der Waals surface area contributed by atoms with Gasteiger partial charge in [0.05, 0.1) is 15.6 Å². The van der Waals surface area contributed by atoms with E-state index in [1.165, 1.54) is 33.3 Å². The van der Waals surface area contributed by atoms with Gasteiger partial charge in [0.2, 0.25) is 17.7 Å². The fourth-order valence-corrected chi connectivity index (χ4v) is 11.6. The first-order valence-corrected chi connectivity index (χ1v) is 19.5. The van der Waals surface area contributed by atoms with Crippen LogP contribution in [0, 0.1) is 6.92 Å². The summed E-state index contributed by atoms with van der Waals surface area (Å²) in [5.41, 5.74) is 5.95. The molecule has 5 heterocycles. The molecule has 1 aromatic carbocycles. The zero-order valence-electron chi connectivity index (χ0n) is 29.5. The maximum Gasteiger partial charge on any atom is 0.327 e. The van der Waals surface area contributed by atoms with Crippen molar-refractivity contribution in [3.63, 3.8) is 0 Å². The molecule has 15 nitrogen and oxygen atoms in total. The van der Waals surface area contributed by atoms with Crippen LogP contribution in [-0.4, -0.2) is 111 Å². The smallest absolute Gasteiger partial charge is 0.327 e. The van der Waals surface area contributed by atoms with Crippen LogP contribution < -0.4 is 16.4 Å². The van der Waals surface area contributed by atoms with Gasteiger partial charge >= 0.3 is 11.9 Å². The Kier molecular flexibility index (Phi) is 10.3. The zero-order chi connectivity index (χ0) is 38.9. The second-order valence-electron chi connectivity index (χ2n) is 14.9. The van der Waals surface area contributed by atoms with Crippen molar-refractivity contribution in [3.05, 3.63) is 39.6 Å². The molecule has 6 atom stereocenters. The number of fused-ring (bicyclic) bond motifs is 2. The number of carboxylic acids is 2. The lowest BCUT2D eigenvalue weighted by atomic mass is 9.81. The van der Waals surface area contributed by atoms with Crippen LogP contribution >= 0.6 is 46.7 Å². The Morgan fingerprint density at radius 3 is 1.81 bits per heavy atom. The van der Waals surface area contributed by atoms with Crippen LogP contribution in [0.2, 0.25) is 10.0 Å². The summed E-state index contributed by atoms with van der Waals surface area (Å²) >= 11 is 15.3. The van der Waals surface area contributed by atoms with Gasteiger partial charge in [-0.1, -0.05) is 53.7 Å². The number of nitrogens with one attached hydrogen (secondary N) is 2. The zero-order valence-corrected chi connectivity index (χ0v) is 32.6. The first-order chi connectivity index (χ1) is 24.7. The topological polar surface area (TPSA) is 225 Å². The fourth-order valence-electron chi connectivity index (χ4n) is 7.73. The van der Waals surface area contributed by atoms with E-state index >= 15 is 0 Å². The summed E-state index contributed by atoms with van der Waals surface area (Å²) in [5, 5.41) is 28.1. The molecule has 0 unspecified atom stereocenters. The third kappa shape index (κ3) is 6.66. The van der Waals surface area contributed by atoms with Crippen LogP contribution in [0.25, 0.3) is 11.3 Å². The highest BCUT2D eigenvalue weighted by atomic mass is 35.5. The highest BCUT2D eigenvalue weighted by Crippen LogP contribution is 2.52. The highest BCUT2D eigenvalue weighted by Gasteiger charge is 2.65. The number of rotatable bonds is 7. The fraction of sp³-hybridized carbons (Fsp3) is 0.559. The Labute approximate surface area is 323 Å².